The zero-order chi connectivity index (χ0) is 18.5. The number of carbonyl (C=O) groups excluding carboxylic acids is 1. The van der Waals surface area contributed by atoms with Crippen molar-refractivity contribution >= 4 is 34.1 Å². The molecule has 0 unspecified atom stereocenters. The summed E-state index contributed by atoms with van der Waals surface area (Å²) in [5, 5.41) is 13.8. The second-order valence-corrected chi connectivity index (χ2v) is 6.96. The maximum absolute atomic E-state index is 12.0. The largest absolute Gasteiger partial charge is 0.411 e. The topological polar surface area (TPSA) is 68.0 Å². The molecule has 4 rings (SSSR count). The fraction of sp³-hybridized carbons (Fsp3) is 0.0952. The van der Waals surface area contributed by atoms with Gasteiger partial charge in [-0.15, -0.1) is 10.2 Å². The van der Waals surface area contributed by atoms with Crippen molar-refractivity contribution in [3.63, 3.8) is 0 Å². The van der Waals surface area contributed by atoms with Gasteiger partial charge in [-0.2, -0.15) is 0 Å². The average molecular weight is 375 g/mol. The van der Waals surface area contributed by atoms with E-state index in [1.54, 1.807) is 0 Å². The van der Waals surface area contributed by atoms with Crippen LogP contribution in [0.1, 0.15) is 6.42 Å². The van der Waals surface area contributed by atoms with Crippen LogP contribution >= 0.6 is 11.8 Å². The Bertz CT molecular complexity index is 1060. The van der Waals surface area contributed by atoms with Gasteiger partial charge in [0.05, 0.1) is 0 Å². The Balaban J connectivity index is 1.38. The molecular formula is C21H17N3O2S. The molecule has 1 heterocycles. The number of hydrogen-bond donors (Lipinski definition) is 1. The quantitative estimate of drug-likeness (QED) is 0.480. The Hall–Kier alpha value is -3.12. The molecule has 27 heavy (non-hydrogen) atoms. The summed E-state index contributed by atoms with van der Waals surface area (Å²) >= 11 is 1.38. The Morgan fingerprint density at radius 3 is 2.59 bits per heavy atom. The highest BCUT2D eigenvalue weighted by Crippen LogP contribution is 2.29. The summed E-state index contributed by atoms with van der Waals surface area (Å²) in [4.78, 5) is 12.0. The monoisotopic (exact) mass is 375 g/mol. The van der Waals surface area contributed by atoms with Gasteiger partial charge < -0.3 is 9.73 Å². The van der Waals surface area contributed by atoms with Crippen molar-refractivity contribution in [2.45, 2.75) is 11.6 Å². The fourth-order valence-electron chi connectivity index (χ4n) is 2.76. The van der Waals surface area contributed by atoms with E-state index in [0.717, 1.165) is 22.0 Å². The van der Waals surface area contributed by atoms with Gasteiger partial charge in [0.15, 0.2) is 0 Å². The zero-order valence-electron chi connectivity index (χ0n) is 14.5. The Morgan fingerprint density at radius 1 is 0.926 bits per heavy atom. The molecule has 0 aliphatic heterocycles. The highest BCUT2D eigenvalue weighted by molar-refractivity contribution is 7.99. The van der Waals surface area contributed by atoms with E-state index < -0.39 is 0 Å². The molecule has 1 N–H and O–H groups in total. The molecule has 4 aromatic rings. The van der Waals surface area contributed by atoms with Crippen LogP contribution in [0.5, 0.6) is 0 Å². The van der Waals surface area contributed by atoms with Crippen LogP contribution in [0, 0.1) is 0 Å². The van der Waals surface area contributed by atoms with Gasteiger partial charge in [-0.1, -0.05) is 66.4 Å². The van der Waals surface area contributed by atoms with E-state index in [0.29, 0.717) is 23.3 Å². The van der Waals surface area contributed by atoms with Crippen LogP contribution in [0.2, 0.25) is 0 Å². The van der Waals surface area contributed by atoms with Gasteiger partial charge in [0.1, 0.15) is 0 Å². The number of para-hydroxylation sites is 1. The Morgan fingerprint density at radius 2 is 1.70 bits per heavy atom. The Labute approximate surface area is 160 Å². The van der Waals surface area contributed by atoms with Gasteiger partial charge in [-0.05, 0) is 29.0 Å². The molecule has 134 valence electrons. The van der Waals surface area contributed by atoms with Crippen LogP contribution in [-0.4, -0.2) is 21.9 Å². The van der Waals surface area contributed by atoms with Gasteiger partial charge in [-0.25, -0.2) is 0 Å². The van der Waals surface area contributed by atoms with Gasteiger partial charge in [0.2, 0.25) is 11.8 Å². The summed E-state index contributed by atoms with van der Waals surface area (Å²) in [6.45, 7) is 0. The molecular weight excluding hydrogens is 358 g/mol. The van der Waals surface area contributed by atoms with Crippen LogP contribution in [0.25, 0.3) is 22.2 Å². The number of nitrogens with one attached hydrogen (secondary N) is 1. The number of hydrogen-bond acceptors (Lipinski definition) is 5. The van der Waals surface area contributed by atoms with Gasteiger partial charge >= 0.3 is 0 Å². The van der Waals surface area contributed by atoms with E-state index in [2.05, 4.69) is 27.6 Å². The molecule has 0 spiro atoms. The van der Waals surface area contributed by atoms with Gasteiger partial charge in [0, 0.05) is 23.4 Å². The maximum atomic E-state index is 12.0. The molecule has 1 amide bonds. The van der Waals surface area contributed by atoms with Crippen LogP contribution in [0.3, 0.4) is 0 Å². The van der Waals surface area contributed by atoms with Crippen LogP contribution in [0.15, 0.2) is 82.4 Å². The second kappa shape index (κ2) is 8.05. The van der Waals surface area contributed by atoms with E-state index in [-0.39, 0.29) is 5.91 Å². The standard InChI is InChI=1S/C21H17N3O2S/c25-19(22-16-9-2-1-3-10-16)13-14-27-21-24-23-20(26-21)18-12-6-8-15-7-4-5-11-17(15)18/h1-12H,13-14H2,(H,22,25). The molecule has 5 nitrogen and oxygen atoms in total. The molecule has 0 bridgehead atoms. The van der Waals surface area contributed by atoms with Gasteiger partial charge in [-0.3, -0.25) is 4.79 Å². The number of thioether (sulfide) groups is 1. The summed E-state index contributed by atoms with van der Waals surface area (Å²) < 4.78 is 5.79. The molecule has 0 saturated carbocycles. The first kappa shape index (κ1) is 17.3. The number of carbonyl (C=O) groups is 1. The molecule has 0 radical (unpaired) electrons. The van der Waals surface area contributed by atoms with Crippen molar-refractivity contribution < 1.29 is 9.21 Å². The molecule has 0 fully saturated rings. The number of benzene rings is 3. The van der Waals surface area contributed by atoms with Crippen molar-refractivity contribution in [1.82, 2.24) is 10.2 Å². The van der Waals surface area contributed by atoms with Gasteiger partial charge in [0.25, 0.3) is 5.22 Å². The number of amides is 1. The smallest absolute Gasteiger partial charge is 0.276 e. The third-order valence-electron chi connectivity index (χ3n) is 4.04. The lowest BCUT2D eigenvalue weighted by Crippen LogP contribution is -2.11. The van der Waals surface area contributed by atoms with E-state index in [9.17, 15) is 4.79 Å². The number of aromatic nitrogens is 2. The summed E-state index contributed by atoms with van der Waals surface area (Å²) in [7, 11) is 0. The lowest BCUT2D eigenvalue weighted by molar-refractivity contribution is -0.115. The van der Waals surface area contributed by atoms with E-state index in [1.165, 1.54) is 11.8 Å². The van der Waals surface area contributed by atoms with Crippen molar-refractivity contribution in [2.75, 3.05) is 11.1 Å². The summed E-state index contributed by atoms with van der Waals surface area (Å²) in [6, 6.07) is 23.5. The van der Waals surface area contributed by atoms with E-state index >= 15 is 0 Å². The van der Waals surface area contributed by atoms with Crippen LogP contribution in [-0.2, 0) is 4.79 Å². The van der Waals surface area contributed by atoms with E-state index in [4.69, 9.17) is 4.42 Å². The third-order valence-corrected chi connectivity index (χ3v) is 4.86. The molecule has 0 saturated heterocycles. The summed E-state index contributed by atoms with van der Waals surface area (Å²) in [6.07, 6.45) is 0.367. The molecule has 3 aromatic carbocycles. The number of fused-ring (bicyclic) bond motifs is 1. The second-order valence-electron chi connectivity index (χ2n) is 5.91. The molecule has 1 aromatic heterocycles. The predicted molar refractivity (Wildman–Crippen MR) is 108 cm³/mol. The number of nitrogens with zero attached hydrogens (tertiary/aromatic N) is 2. The minimum absolute atomic E-state index is 0.0394. The average Bonchev–Trinajstić information content (AvgIpc) is 3.17. The third kappa shape index (κ3) is 4.17. The molecule has 6 heteroatoms. The first-order valence-corrected chi connectivity index (χ1v) is 9.57. The molecule has 0 aliphatic rings. The summed E-state index contributed by atoms with van der Waals surface area (Å²) in [5.41, 5.74) is 1.71. The molecule has 0 aliphatic carbocycles. The number of rotatable bonds is 6. The van der Waals surface area contributed by atoms with Crippen molar-refractivity contribution in [3.05, 3.63) is 72.8 Å². The fourth-order valence-corrected chi connectivity index (χ4v) is 3.46. The number of anilines is 1. The normalized spacial score (nSPS) is 10.8. The van der Waals surface area contributed by atoms with Crippen molar-refractivity contribution in [3.8, 4) is 11.5 Å². The maximum Gasteiger partial charge on any atom is 0.276 e. The van der Waals surface area contributed by atoms with Crippen molar-refractivity contribution in [1.29, 1.82) is 0 Å². The minimum atomic E-state index is -0.0394. The van der Waals surface area contributed by atoms with Crippen molar-refractivity contribution in [2.24, 2.45) is 0 Å². The minimum Gasteiger partial charge on any atom is -0.411 e. The lowest BCUT2D eigenvalue weighted by Gasteiger charge is -2.03. The predicted octanol–water partition coefficient (Wildman–Crippen LogP) is 5.01. The zero-order valence-corrected chi connectivity index (χ0v) is 15.3. The van der Waals surface area contributed by atoms with E-state index in [1.807, 2.05) is 60.7 Å². The Kier molecular flexibility index (Phi) is 5.16. The lowest BCUT2D eigenvalue weighted by atomic mass is 10.0. The first-order valence-electron chi connectivity index (χ1n) is 8.59. The van der Waals surface area contributed by atoms with Crippen LogP contribution < -0.4 is 5.32 Å². The SMILES string of the molecule is O=C(CCSc1nnc(-c2cccc3ccccc23)o1)Nc1ccccc1. The first-order chi connectivity index (χ1) is 13.3. The van der Waals surface area contributed by atoms with Crippen LogP contribution in [0.4, 0.5) is 5.69 Å². The highest BCUT2D eigenvalue weighted by Gasteiger charge is 2.12. The highest BCUT2D eigenvalue weighted by atomic mass is 32.2. The molecule has 0 atom stereocenters. The summed E-state index contributed by atoms with van der Waals surface area (Å²) in [5.74, 6) is 1.01.